The van der Waals surface area contributed by atoms with Gasteiger partial charge in [-0.25, -0.2) is 8.42 Å². The molecule has 0 saturated heterocycles. The Bertz CT molecular complexity index is 1680. The number of sulfonamides is 1. The summed E-state index contributed by atoms with van der Waals surface area (Å²) in [6.45, 7) is 5.79. The van der Waals surface area contributed by atoms with Gasteiger partial charge in [0.05, 0.1) is 10.6 Å². The average Bonchev–Trinajstić information content (AvgIpc) is 3.04. The molecule has 4 aromatic rings. The molecule has 0 aliphatic heterocycles. The summed E-state index contributed by atoms with van der Waals surface area (Å²) in [5, 5.41) is 3.55. The number of hydrogen-bond acceptors (Lipinski definition) is 4. The van der Waals surface area contributed by atoms with Crippen LogP contribution in [-0.2, 0) is 32.6 Å². The number of hydrogen-bond donors (Lipinski definition) is 1. The van der Waals surface area contributed by atoms with Crippen LogP contribution in [0, 0.1) is 13.8 Å². The molecule has 45 heavy (non-hydrogen) atoms. The normalized spacial score (nSPS) is 11.9. The van der Waals surface area contributed by atoms with Crippen LogP contribution in [0.3, 0.4) is 0 Å². The van der Waals surface area contributed by atoms with Crippen LogP contribution in [0.4, 0.5) is 5.69 Å². The Morgan fingerprint density at radius 1 is 0.844 bits per heavy atom. The van der Waals surface area contributed by atoms with Crippen molar-refractivity contribution in [1.82, 2.24) is 10.2 Å². The molecule has 7 nitrogen and oxygen atoms in total. The molecule has 0 saturated carbocycles. The first-order valence-electron chi connectivity index (χ1n) is 15.1. The first kappa shape index (κ1) is 33.7. The maximum absolute atomic E-state index is 14.6. The fraction of sp³-hybridized carbons (Fsp3) is 0.278. The summed E-state index contributed by atoms with van der Waals surface area (Å²) in [6, 6.07) is 29.3. The summed E-state index contributed by atoms with van der Waals surface area (Å²) in [4.78, 5) is 29.9. The van der Waals surface area contributed by atoms with Gasteiger partial charge in [-0.15, -0.1) is 0 Å². The third kappa shape index (κ3) is 8.96. The lowest BCUT2D eigenvalue weighted by atomic mass is 10.0. The number of carbonyl (C=O) groups excluding carboxylic acids is 2. The van der Waals surface area contributed by atoms with E-state index < -0.39 is 28.5 Å². The topological polar surface area (TPSA) is 86.8 Å². The van der Waals surface area contributed by atoms with Crippen molar-refractivity contribution >= 4 is 39.1 Å². The molecule has 0 aliphatic rings. The van der Waals surface area contributed by atoms with Gasteiger partial charge in [0.2, 0.25) is 11.8 Å². The summed E-state index contributed by atoms with van der Waals surface area (Å²) in [5.74, 6) is -0.796. The first-order valence-corrected chi connectivity index (χ1v) is 16.9. The third-order valence-electron chi connectivity index (χ3n) is 7.61. The Kier molecular flexibility index (Phi) is 11.8. The SMILES string of the molecule is CCCCNC(=O)[C@H](Cc1ccccc1)N(Cc1ccc(Cl)cc1)C(=O)CN(c1cc(C)ccc1C)S(=O)(=O)c1ccccc1. The van der Waals surface area contributed by atoms with Gasteiger partial charge in [0.1, 0.15) is 12.6 Å². The van der Waals surface area contributed by atoms with Gasteiger partial charge >= 0.3 is 0 Å². The van der Waals surface area contributed by atoms with E-state index in [1.165, 1.54) is 17.0 Å². The molecule has 236 valence electrons. The molecule has 4 rings (SSSR count). The molecule has 1 atom stereocenters. The molecule has 1 N–H and O–H groups in total. The zero-order chi connectivity index (χ0) is 32.4. The number of nitrogens with zero attached hydrogens (tertiary/aromatic N) is 2. The van der Waals surface area contributed by atoms with Crippen molar-refractivity contribution in [2.24, 2.45) is 0 Å². The van der Waals surface area contributed by atoms with E-state index in [2.05, 4.69) is 5.32 Å². The monoisotopic (exact) mass is 645 g/mol. The number of amides is 2. The minimum atomic E-state index is -4.16. The number of halogens is 1. The van der Waals surface area contributed by atoms with Gasteiger partial charge in [0.15, 0.2) is 0 Å². The Morgan fingerprint density at radius 2 is 1.49 bits per heavy atom. The van der Waals surface area contributed by atoms with E-state index in [0.29, 0.717) is 22.8 Å². The van der Waals surface area contributed by atoms with Crippen LogP contribution in [0.25, 0.3) is 0 Å². The van der Waals surface area contributed by atoms with Gasteiger partial charge < -0.3 is 10.2 Å². The molecule has 0 bridgehead atoms. The van der Waals surface area contributed by atoms with Crippen LogP contribution in [-0.4, -0.2) is 44.3 Å². The molecule has 0 heterocycles. The van der Waals surface area contributed by atoms with Crippen LogP contribution in [0.15, 0.2) is 108 Å². The van der Waals surface area contributed by atoms with Crippen LogP contribution in [0.2, 0.25) is 5.02 Å². The Morgan fingerprint density at radius 3 is 2.13 bits per heavy atom. The molecule has 0 spiro atoms. The minimum absolute atomic E-state index is 0.0705. The lowest BCUT2D eigenvalue weighted by molar-refractivity contribution is -0.140. The van der Waals surface area contributed by atoms with E-state index in [-0.39, 0.29) is 23.8 Å². The number of unbranched alkanes of at least 4 members (excludes halogenated alkanes) is 1. The average molecular weight is 646 g/mol. The smallest absolute Gasteiger partial charge is 0.264 e. The van der Waals surface area contributed by atoms with Crippen molar-refractivity contribution in [3.63, 3.8) is 0 Å². The Hall–Kier alpha value is -4.14. The quantitative estimate of drug-likeness (QED) is 0.155. The van der Waals surface area contributed by atoms with Crippen LogP contribution in [0.5, 0.6) is 0 Å². The molecule has 9 heteroatoms. The van der Waals surface area contributed by atoms with Gasteiger partial charge in [-0.3, -0.25) is 13.9 Å². The number of rotatable bonds is 14. The minimum Gasteiger partial charge on any atom is -0.354 e. The highest BCUT2D eigenvalue weighted by Crippen LogP contribution is 2.29. The van der Waals surface area contributed by atoms with Crippen molar-refractivity contribution in [2.75, 3.05) is 17.4 Å². The zero-order valence-electron chi connectivity index (χ0n) is 25.9. The number of nitrogens with one attached hydrogen (secondary N) is 1. The molecule has 0 unspecified atom stereocenters. The van der Waals surface area contributed by atoms with Gasteiger partial charge in [0, 0.05) is 24.5 Å². The third-order valence-corrected chi connectivity index (χ3v) is 9.64. The van der Waals surface area contributed by atoms with Crippen molar-refractivity contribution in [1.29, 1.82) is 0 Å². The van der Waals surface area contributed by atoms with E-state index in [4.69, 9.17) is 11.6 Å². The summed E-state index contributed by atoms with van der Waals surface area (Å²) in [5.41, 5.74) is 3.61. The van der Waals surface area contributed by atoms with Crippen molar-refractivity contribution in [2.45, 2.75) is 57.5 Å². The number of aryl methyl sites for hydroxylation is 2. The van der Waals surface area contributed by atoms with Crippen LogP contribution in [0.1, 0.15) is 42.0 Å². The predicted molar refractivity (Wildman–Crippen MR) is 181 cm³/mol. The zero-order valence-corrected chi connectivity index (χ0v) is 27.5. The van der Waals surface area contributed by atoms with E-state index >= 15 is 0 Å². The summed E-state index contributed by atoms with van der Waals surface area (Å²) in [6.07, 6.45) is 1.96. The number of benzene rings is 4. The second-order valence-corrected chi connectivity index (χ2v) is 13.4. The predicted octanol–water partition coefficient (Wildman–Crippen LogP) is 6.71. The van der Waals surface area contributed by atoms with E-state index in [1.807, 2.05) is 63.2 Å². The lowest BCUT2D eigenvalue weighted by Crippen LogP contribution is -2.53. The van der Waals surface area contributed by atoms with E-state index in [9.17, 15) is 18.0 Å². The van der Waals surface area contributed by atoms with Crippen molar-refractivity contribution in [3.8, 4) is 0 Å². The van der Waals surface area contributed by atoms with Crippen molar-refractivity contribution < 1.29 is 18.0 Å². The maximum atomic E-state index is 14.6. The van der Waals surface area contributed by atoms with Crippen LogP contribution >= 0.6 is 11.6 Å². The van der Waals surface area contributed by atoms with E-state index in [1.54, 1.807) is 48.5 Å². The number of carbonyl (C=O) groups is 2. The molecule has 2 amide bonds. The fourth-order valence-electron chi connectivity index (χ4n) is 5.07. The maximum Gasteiger partial charge on any atom is 0.264 e. The molecule has 0 aromatic heterocycles. The summed E-state index contributed by atoms with van der Waals surface area (Å²) >= 11 is 6.16. The molecule has 0 fully saturated rings. The Balaban J connectivity index is 1.81. The second kappa shape index (κ2) is 15.7. The van der Waals surface area contributed by atoms with Gasteiger partial charge in [-0.1, -0.05) is 97.7 Å². The molecular formula is C36H40ClN3O4S. The first-order chi connectivity index (χ1) is 21.6. The standard InChI is InChI=1S/C36H40ClN3O4S/c1-4-5-22-38-36(42)34(24-29-12-8-6-9-13-29)39(25-30-18-20-31(37)21-19-30)35(41)26-40(33-23-27(2)16-17-28(33)3)45(43,44)32-14-10-7-11-15-32/h6-21,23,34H,4-5,22,24-26H2,1-3H3,(H,38,42)/t34-/m0/s1. The fourth-order valence-corrected chi connectivity index (χ4v) is 6.69. The molecule has 0 radical (unpaired) electrons. The van der Waals surface area contributed by atoms with Crippen molar-refractivity contribution in [3.05, 3.63) is 130 Å². The lowest BCUT2D eigenvalue weighted by Gasteiger charge is -2.34. The molecular weight excluding hydrogens is 606 g/mol. The highest BCUT2D eigenvalue weighted by Gasteiger charge is 2.35. The summed E-state index contributed by atoms with van der Waals surface area (Å²) in [7, 11) is -4.16. The molecule has 4 aromatic carbocycles. The molecule has 0 aliphatic carbocycles. The summed E-state index contributed by atoms with van der Waals surface area (Å²) < 4.78 is 29.5. The highest BCUT2D eigenvalue weighted by molar-refractivity contribution is 7.92. The largest absolute Gasteiger partial charge is 0.354 e. The van der Waals surface area contributed by atoms with E-state index in [0.717, 1.165) is 33.8 Å². The van der Waals surface area contributed by atoms with Crippen LogP contribution < -0.4 is 9.62 Å². The highest BCUT2D eigenvalue weighted by atomic mass is 35.5. The van der Waals surface area contributed by atoms with Gasteiger partial charge in [0.25, 0.3) is 10.0 Å². The number of anilines is 1. The van der Waals surface area contributed by atoms with Gasteiger partial charge in [-0.05, 0) is 72.9 Å². The Labute approximate surface area is 271 Å². The second-order valence-electron chi connectivity index (χ2n) is 11.1. The van der Waals surface area contributed by atoms with Gasteiger partial charge in [-0.2, -0.15) is 0 Å².